The van der Waals surface area contributed by atoms with E-state index in [0.29, 0.717) is 12.1 Å². The van der Waals surface area contributed by atoms with Crippen LogP contribution in [-0.4, -0.2) is 49.8 Å². The first-order valence-corrected chi connectivity index (χ1v) is 8.78. The zero-order valence-electron chi connectivity index (χ0n) is 13.7. The van der Waals surface area contributed by atoms with Crippen LogP contribution in [0.4, 0.5) is 0 Å². The van der Waals surface area contributed by atoms with Crippen molar-refractivity contribution in [2.24, 2.45) is 5.92 Å². The van der Waals surface area contributed by atoms with E-state index in [4.69, 9.17) is 4.74 Å². The Kier molecular flexibility index (Phi) is 6.79. The van der Waals surface area contributed by atoms with E-state index in [2.05, 4.69) is 24.1 Å². The topological polar surface area (TPSA) is 24.5 Å². The average molecular weight is 282 g/mol. The Balaban J connectivity index is 1.98. The Hall–Kier alpha value is -0.120. The minimum Gasteiger partial charge on any atom is -0.380 e. The van der Waals surface area contributed by atoms with E-state index < -0.39 is 0 Å². The Bertz CT molecular complexity index is 272. The highest BCUT2D eigenvalue weighted by atomic mass is 16.5. The molecule has 1 N–H and O–H groups in total. The van der Waals surface area contributed by atoms with Crippen molar-refractivity contribution in [3.8, 4) is 0 Å². The van der Waals surface area contributed by atoms with Crippen molar-refractivity contribution in [3.05, 3.63) is 0 Å². The van der Waals surface area contributed by atoms with Gasteiger partial charge >= 0.3 is 0 Å². The maximum Gasteiger partial charge on any atom is 0.0698 e. The lowest BCUT2D eigenvalue weighted by Crippen LogP contribution is -2.56. The summed E-state index contributed by atoms with van der Waals surface area (Å²) in [6, 6.07) is 1.43. The first kappa shape index (κ1) is 16.3. The van der Waals surface area contributed by atoms with E-state index in [1.165, 1.54) is 51.5 Å². The van der Waals surface area contributed by atoms with Gasteiger partial charge < -0.3 is 10.1 Å². The predicted molar refractivity (Wildman–Crippen MR) is 85.1 cm³/mol. The van der Waals surface area contributed by atoms with E-state index in [1.807, 2.05) is 7.11 Å². The summed E-state index contributed by atoms with van der Waals surface area (Å²) >= 11 is 0. The molecule has 0 bridgehead atoms. The monoisotopic (exact) mass is 282 g/mol. The van der Waals surface area contributed by atoms with Gasteiger partial charge in [-0.1, -0.05) is 26.7 Å². The third-order valence-electron chi connectivity index (χ3n) is 5.30. The number of nitrogens with zero attached hydrogens (tertiary/aromatic N) is 1. The molecule has 4 atom stereocenters. The molecule has 0 radical (unpaired) electrons. The number of likely N-dealkylation sites (tertiary alicyclic amines) is 1. The molecule has 118 valence electrons. The Morgan fingerprint density at radius 1 is 1.20 bits per heavy atom. The molecule has 1 heterocycles. The third kappa shape index (κ3) is 4.19. The molecule has 0 aromatic heterocycles. The number of rotatable bonds is 6. The van der Waals surface area contributed by atoms with Crippen molar-refractivity contribution >= 4 is 0 Å². The highest BCUT2D eigenvalue weighted by Gasteiger charge is 2.35. The van der Waals surface area contributed by atoms with Crippen LogP contribution in [0, 0.1) is 5.92 Å². The van der Waals surface area contributed by atoms with Crippen LogP contribution in [0.1, 0.15) is 58.8 Å². The summed E-state index contributed by atoms with van der Waals surface area (Å²) in [5, 5.41) is 3.74. The molecule has 0 aromatic rings. The van der Waals surface area contributed by atoms with Gasteiger partial charge in [0.2, 0.25) is 0 Å². The van der Waals surface area contributed by atoms with Crippen molar-refractivity contribution in [2.75, 3.05) is 26.7 Å². The summed E-state index contributed by atoms with van der Waals surface area (Å²) in [6.45, 7) is 8.07. The molecule has 0 aromatic carbocycles. The zero-order chi connectivity index (χ0) is 14.4. The van der Waals surface area contributed by atoms with Crippen LogP contribution < -0.4 is 5.32 Å². The fourth-order valence-corrected chi connectivity index (χ4v) is 4.27. The van der Waals surface area contributed by atoms with Crippen LogP contribution >= 0.6 is 0 Å². The number of nitrogens with one attached hydrogen (secondary N) is 1. The first-order valence-electron chi connectivity index (χ1n) is 8.78. The molecule has 1 aliphatic carbocycles. The van der Waals surface area contributed by atoms with E-state index in [1.54, 1.807) is 0 Å². The predicted octanol–water partition coefficient (Wildman–Crippen LogP) is 3.04. The van der Waals surface area contributed by atoms with Gasteiger partial charge in [0, 0.05) is 25.7 Å². The molecule has 20 heavy (non-hydrogen) atoms. The Labute approximate surface area is 125 Å². The van der Waals surface area contributed by atoms with E-state index in [9.17, 15) is 0 Å². The van der Waals surface area contributed by atoms with Gasteiger partial charge in [0.05, 0.1) is 6.10 Å². The van der Waals surface area contributed by atoms with Crippen molar-refractivity contribution in [2.45, 2.75) is 77.0 Å². The highest BCUT2D eigenvalue weighted by Crippen LogP contribution is 2.32. The van der Waals surface area contributed by atoms with Gasteiger partial charge in [-0.05, 0) is 51.1 Å². The average Bonchev–Trinajstić information content (AvgIpc) is 2.49. The normalized spacial score (nSPS) is 36.1. The van der Waals surface area contributed by atoms with Gasteiger partial charge in [-0.25, -0.2) is 0 Å². The lowest BCUT2D eigenvalue weighted by Gasteiger charge is -2.46. The standard InChI is InChI=1S/C17H34N2O/c1-4-7-14-9-10-16(18-5-2)17(12-14)19-11-6-8-15(13-19)20-3/h14-18H,4-13H2,1-3H3. The molecule has 1 aliphatic heterocycles. The first-order chi connectivity index (χ1) is 9.78. The van der Waals surface area contributed by atoms with Gasteiger partial charge in [-0.2, -0.15) is 0 Å². The molecule has 2 rings (SSSR count). The van der Waals surface area contributed by atoms with Crippen molar-refractivity contribution in [1.29, 1.82) is 0 Å². The second kappa shape index (κ2) is 8.35. The molecular formula is C17H34N2O. The smallest absolute Gasteiger partial charge is 0.0698 e. The van der Waals surface area contributed by atoms with Crippen molar-refractivity contribution in [3.63, 3.8) is 0 Å². The molecule has 4 unspecified atom stereocenters. The fourth-order valence-electron chi connectivity index (χ4n) is 4.27. The second-order valence-corrected chi connectivity index (χ2v) is 6.69. The van der Waals surface area contributed by atoms with Gasteiger partial charge in [-0.15, -0.1) is 0 Å². The summed E-state index contributed by atoms with van der Waals surface area (Å²) in [5.41, 5.74) is 0. The van der Waals surface area contributed by atoms with Crippen LogP contribution in [0.25, 0.3) is 0 Å². The summed E-state index contributed by atoms with van der Waals surface area (Å²) in [6.07, 6.45) is 9.91. The van der Waals surface area contributed by atoms with Crippen LogP contribution in [0.2, 0.25) is 0 Å². The Morgan fingerprint density at radius 3 is 2.75 bits per heavy atom. The molecule has 0 spiro atoms. The van der Waals surface area contributed by atoms with Gasteiger partial charge in [0.25, 0.3) is 0 Å². The van der Waals surface area contributed by atoms with Gasteiger partial charge in [0.1, 0.15) is 0 Å². The number of methoxy groups -OCH3 is 1. The fraction of sp³-hybridized carbons (Fsp3) is 1.00. The van der Waals surface area contributed by atoms with Gasteiger partial charge in [-0.3, -0.25) is 4.90 Å². The number of hydrogen-bond acceptors (Lipinski definition) is 3. The van der Waals surface area contributed by atoms with E-state index in [-0.39, 0.29) is 0 Å². The Morgan fingerprint density at radius 2 is 2.05 bits per heavy atom. The van der Waals surface area contributed by atoms with Crippen LogP contribution in [0.5, 0.6) is 0 Å². The van der Waals surface area contributed by atoms with Crippen LogP contribution in [0.15, 0.2) is 0 Å². The summed E-state index contributed by atoms with van der Waals surface area (Å²) in [5.74, 6) is 0.947. The minimum absolute atomic E-state index is 0.456. The maximum atomic E-state index is 5.62. The van der Waals surface area contributed by atoms with Crippen LogP contribution in [-0.2, 0) is 4.74 Å². The molecule has 2 fully saturated rings. The summed E-state index contributed by atoms with van der Waals surface area (Å²) in [7, 11) is 1.87. The van der Waals surface area contributed by atoms with Crippen molar-refractivity contribution < 1.29 is 4.74 Å². The lowest BCUT2D eigenvalue weighted by atomic mass is 9.79. The summed E-state index contributed by atoms with van der Waals surface area (Å²) < 4.78 is 5.62. The van der Waals surface area contributed by atoms with Gasteiger partial charge in [0.15, 0.2) is 0 Å². The second-order valence-electron chi connectivity index (χ2n) is 6.69. The van der Waals surface area contributed by atoms with Crippen molar-refractivity contribution in [1.82, 2.24) is 10.2 Å². The molecule has 1 saturated carbocycles. The van der Waals surface area contributed by atoms with E-state index in [0.717, 1.165) is 25.0 Å². The molecule has 1 saturated heterocycles. The summed E-state index contributed by atoms with van der Waals surface area (Å²) in [4.78, 5) is 2.73. The number of likely N-dealkylation sites (N-methyl/N-ethyl adjacent to an activating group) is 1. The van der Waals surface area contributed by atoms with Crippen LogP contribution in [0.3, 0.4) is 0 Å². The maximum absolute atomic E-state index is 5.62. The molecule has 2 aliphatic rings. The lowest BCUT2D eigenvalue weighted by molar-refractivity contribution is -0.00623. The zero-order valence-corrected chi connectivity index (χ0v) is 13.7. The molecule has 0 amide bonds. The number of piperidine rings is 1. The number of ether oxygens (including phenoxy) is 1. The SMILES string of the molecule is CCCC1CCC(NCC)C(N2CCCC(OC)C2)C1. The minimum atomic E-state index is 0.456. The molecular weight excluding hydrogens is 248 g/mol. The third-order valence-corrected chi connectivity index (χ3v) is 5.30. The highest BCUT2D eigenvalue weighted by molar-refractivity contribution is 4.93. The quantitative estimate of drug-likeness (QED) is 0.810. The molecule has 3 nitrogen and oxygen atoms in total. The van der Waals surface area contributed by atoms with E-state index >= 15 is 0 Å². The largest absolute Gasteiger partial charge is 0.380 e. The molecule has 3 heteroatoms. The number of hydrogen-bond donors (Lipinski definition) is 1.